The molecule has 2 fully saturated rings. The van der Waals surface area contributed by atoms with Gasteiger partial charge in [-0.15, -0.1) is 0 Å². The maximum Gasteiger partial charge on any atom is 0.0899 e. The Morgan fingerprint density at radius 3 is 2.48 bits per heavy atom. The van der Waals surface area contributed by atoms with Gasteiger partial charge in [0.2, 0.25) is 0 Å². The lowest BCUT2D eigenvalue weighted by molar-refractivity contribution is 0.0310. The van der Waals surface area contributed by atoms with Gasteiger partial charge in [-0.05, 0) is 38.1 Å². The van der Waals surface area contributed by atoms with E-state index >= 15 is 0 Å². The van der Waals surface area contributed by atoms with Crippen molar-refractivity contribution in [1.82, 2.24) is 10.2 Å². The first-order valence-corrected chi connectivity index (χ1v) is 8.72. The van der Waals surface area contributed by atoms with E-state index in [1.807, 2.05) is 0 Å². The highest BCUT2D eigenvalue weighted by atomic mass is 16.5. The summed E-state index contributed by atoms with van der Waals surface area (Å²) >= 11 is 0. The third kappa shape index (κ3) is 6.23. The van der Waals surface area contributed by atoms with Crippen molar-refractivity contribution in [2.45, 2.75) is 63.5 Å². The van der Waals surface area contributed by atoms with Crippen LogP contribution in [-0.2, 0) is 4.74 Å². The topological polar surface area (TPSA) is 44.7 Å². The maximum atomic E-state index is 9.93. The Bertz CT molecular complexity index is 287. The summed E-state index contributed by atoms with van der Waals surface area (Å²) in [7, 11) is 3.79. The van der Waals surface area contributed by atoms with Crippen molar-refractivity contribution in [3.63, 3.8) is 0 Å². The quantitative estimate of drug-likeness (QED) is 0.639. The number of likely N-dealkylation sites (N-methyl/N-ethyl adjacent to an activating group) is 1. The van der Waals surface area contributed by atoms with Crippen LogP contribution in [-0.4, -0.2) is 62.6 Å². The molecular formula is C17H34N2O2. The molecule has 0 amide bonds. The number of methoxy groups -OCH3 is 1. The van der Waals surface area contributed by atoms with Crippen LogP contribution < -0.4 is 5.32 Å². The van der Waals surface area contributed by atoms with Gasteiger partial charge in [0.1, 0.15) is 0 Å². The molecule has 0 aromatic rings. The van der Waals surface area contributed by atoms with E-state index in [-0.39, 0.29) is 6.10 Å². The van der Waals surface area contributed by atoms with E-state index in [9.17, 15) is 5.11 Å². The molecule has 2 saturated carbocycles. The predicted octanol–water partition coefficient (Wildman–Crippen LogP) is 2.02. The molecule has 2 aliphatic carbocycles. The SMILES string of the molecule is COCC(O)CN(C)CC1(CNC2CC2)CCCCCC1. The first kappa shape index (κ1) is 17.2. The molecule has 0 bridgehead atoms. The third-order valence-electron chi connectivity index (χ3n) is 4.99. The van der Waals surface area contributed by atoms with Crippen LogP contribution in [0.15, 0.2) is 0 Å². The molecule has 0 spiro atoms. The van der Waals surface area contributed by atoms with Gasteiger partial charge in [-0.2, -0.15) is 0 Å². The normalized spacial score (nSPS) is 24.0. The minimum Gasteiger partial charge on any atom is -0.389 e. The van der Waals surface area contributed by atoms with Crippen LogP contribution in [0.5, 0.6) is 0 Å². The first-order valence-electron chi connectivity index (χ1n) is 8.72. The van der Waals surface area contributed by atoms with E-state index in [1.165, 1.54) is 51.4 Å². The summed E-state index contributed by atoms with van der Waals surface area (Å²) in [5.41, 5.74) is 0.403. The van der Waals surface area contributed by atoms with E-state index < -0.39 is 0 Å². The van der Waals surface area contributed by atoms with Gasteiger partial charge in [0.05, 0.1) is 12.7 Å². The van der Waals surface area contributed by atoms with Crippen LogP contribution in [0.25, 0.3) is 0 Å². The van der Waals surface area contributed by atoms with Crippen LogP contribution in [0.3, 0.4) is 0 Å². The van der Waals surface area contributed by atoms with Crippen LogP contribution in [0.4, 0.5) is 0 Å². The van der Waals surface area contributed by atoms with Crippen molar-refractivity contribution in [2.24, 2.45) is 5.41 Å². The monoisotopic (exact) mass is 298 g/mol. The molecule has 0 aromatic carbocycles. The van der Waals surface area contributed by atoms with E-state index in [0.717, 1.165) is 19.1 Å². The lowest BCUT2D eigenvalue weighted by Crippen LogP contribution is -2.45. The molecule has 0 radical (unpaired) electrons. The molecule has 1 unspecified atom stereocenters. The highest BCUT2D eigenvalue weighted by Gasteiger charge is 2.34. The molecule has 4 heteroatoms. The van der Waals surface area contributed by atoms with Crippen molar-refractivity contribution in [3.8, 4) is 0 Å². The number of ether oxygens (including phenoxy) is 1. The first-order chi connectivity index (χ1) is 10.1. The Labute approximate surface area is 130 Å². The Balaban J connectivity index is 1.86. The Morgan fingerprint density at radius 1 is 1.24 bits per heavy atom. The molecule has 0 saturated heterocycles. The third-order valence-corrected chi connectivity index (χ3v) is 4.99. The summed E-state index contributed by atoms with van der Waals surface area (Å²) in [5, 5.41) is 13.7. The highest BCUT2D eigenvalue weighted by molar-refractivity contribution is 4.90. The second-order valence-corrected chi connectivity index (χ2v) is 7.38. The van der Waals surface area contributed by atoms with Crippen molar-refractivity contribution in [3.05, 3.63) is 0 Å². The van der Waals surface area contributed by atoms with Gasteiger partial charge in [0.15, 0.2) is 0 Å². The van der Waals surface area contributed by atoms with Crippen LogP contribution >= 0.6 is 0 Å². The molecule has 0 aliphatic heterocycles. The van der Waals surface area contributed by atoms with Gasteiger partial charge >= 0.3 is 0 Å². The van der Waals surface area contributed by atoms with E-state index in [0.29, 0.717) is 18.6 Å². The standard InChI is InChI=1S/C17H34N2O2/c1-19(11-16(20)12-21-2)14-17(13-18-15-7-8-15)9-5-3-4-6-10-17/h15-16,18,20H,3-14H2,1-2H3. The van der Waals surface area contributed by atoms with Gasteiger partial charge in [-0.25, -0.2) is 0 Å². The van der Waals surface area contributed by atoms with Crippen molar-refractivity contribution in [2.75, 3.05) is 40.4 Å². The van der Waals surface area contributed by atoms with Crippen LogP contribution in [0.1, 0.15) is 51.4 Å². The zero-order chi connectivity index (χ0) is 15.1. The van der Waals surface area contributed by atoms with Gasteiger partial charge in [0.25, 0.3) is 0 Å². The number of rotatable bonds is 9. The van der Waals surface area contributed by atoms with Gasteiger partial charge in [0, 0.05) is 32.8 Å². The zero-order valence-electron chi connectivity index (χ0n) is 13.9. The summed E-state index contributed by atoms with van der Waals surface area (Å²) in [6.45, 7) is 3.38. The van der Waals surface area contributed by atoms with Crippen LogP contribution in [0.2, 0.25) is 0 Å². The van der Waals surface area contributed by atoms with Crippen LogP contribution in [0, 0.1) is 5.41 Å². The largest absolute Gasteiger partial charge is 0.389 e. The fourth-order valence-electron chi connectivity index (χ4n) is 3.76. The average molecular weight is 298 g/mol. The Morgan fingerprint density at radius 2 is 1.90 bits per heavy atom. The molecule has 2 N–H and O–H groups in total. The molecule has 21 heavy (non-hydrogen) atoms. The molecule has 0 heterocycles. The molecule has 2 rings (SSSR count). The number of aliphatic hydroxyl groups is 1. The number of nitrogens with zero attached hydrogens (tertiary/aromatic N) is 1. The number of nitrogens with one attached hydrogen (secondary N) is 1. The summed E-state index contributed by atoms with van der Waals surface area (Å²) in [6, 6.07) is 0.787. The lowest BCUT2D eigenvalue weighted by atomic mass is 9.79. The summed E-state index contributed by atoms with van der Waals surface area (Å²) in [5.74, 6) is 0. The number of hydrogen-bond donors (Lipinski definition) is 2. The van der Waals surface area contributed by atoms with E-state index in [4.69, 9.17) is 4.74 Å². The predicted molar refractivity (Wildman–Crippen MR) is 86.5 cm³/mol. The Hall–Kier alpha value is -0.160. The second-order valence-electron chi connectivity index (χ2n) is 7.38. The molecule has 1 atom stereocenters. The highest BCUT2D eigenvalue weighted by Crippen LogP contribution is 2.36. The molecular weight excluding hydrogens is 264 g/mol. The van der Waals surface area contributed by atoms with Gasteiger partial charge in [-0.3, -0.25) is 0 Å². The van der Waals surface area contributed by atoms with E-state index in [1.54, 1.807) is 7.11 Å². The smallest absolute Gasteiger partial charge is 0.0899 e. The van der Waals surface area contributed by atoms with E-state index in [2.05, 4.69) is 17.3 Å². The molecule has 2 aliphatic rings. The second kappa shape index (κ2) is 8.47. The Kier molecular flexibility index (Phi) is 6.93. The number of hydrogen-bond acceptors (Lipinski definition) is 4. The fourth-order valence-corrected chi connectivity index (χ4v) is 3.76. The summed E-state index contributed by atoms with van der Waals surface area (Å²) < 4.78 is 5.04. The zero-order valence-corrected chi connectivity index (χ0v) is 13.9. The van der Waals surface area contributed by atoms with Gasteiger partial charge < -0.3 is 20.1 Å². The van der Waals surface area contributed by atoms with Crippen molar-refractivity contribution < 1.29 is 9.84 Å². The van der Waals surface area contributed by atoms with Crippen molar-refractivity contribution >= 4 is 0 Å². The average Bonchev–Trinajstić information content (AvgIpc) is 3.24. The minimum atomic E-state index is -0.376. The summed E-state index contributed by atoms with van der Waals surface area (Å²) in [6.07, 6.45) is 10.5. The number of aliphatic hydroxyl groups excluding tert-OH is 1. The molecule has 0 aromatic heterocycles. The minimum absolute atomic E-state index is 0.376. The van der Waals surface area contributed by atoms with Gasteiger partial charge in [-0.1, -0.05) is 25.7 Å². The molecule has 124 valence electrons. The molecule has 4 nitrogen and oxygen atoms in total. The summed E-state index contributed by atoms with van der Waals surface area (Å²) in [4.78, 5) is 2.31. The van der Waals surface area contributed by atoms with Crippen molar-refractivity contribution in [1.29, 1.82) is 0 Å². The lowest BCUT2D eigenvalue weighted by Gasteiger charge is -2.37. The maximum absolute atomic E-state index is 9.93. The fraction of sp³-hybridized carbons (Fsp3) is 1.00.